The first-order chi connectivity index (χ1) is 17.1. The van der Waals surface area contributed by atoms with E-state index in [0.717, 1.165) is 0 Å². The number of ether oxygens (including phenoxy) is 3. The molecule has 11 nitrogen and oxygen atoms in total. The second-order valence-electron chi connectivity index (χ2n) is 7.74. The average Bonchev–Trinajstić information content (AvgIpc) is 2.82. The van der Waals surface area contributed by atoms with Crippen molar-refractivity contribution in [2.24, 2.45) is 5.73 Å². The first-order valence-corrected chi connectivity index (χ1v) is 13.2. The summed E-state index contributed by atoms with van der Waals surface area (Å²) in [7, 11) is -3.55. The van der Waals surface area contributed by atoms with E-state index in [9.17, 15) is 18.3 Å². The van der Waals surface area contributed by atoms with E-state index in [1.54, 1.807) is 50.2 Å². The van der Waals surface area contributed by atoms with Crippen molar-refractivity contribution in [3.63, 3.8) is 0 Å². The van der Waals surface area contributed by atoms with Crippen molar-refractivity contribution in [2.75, 3.05) is 37.4 Å². The third-order valence-corrected chi connectivity index (χ3v) is 6.47. The monoisotopic (exact) mass is 522 g/mol. The molecule has 0 amide bonds. The number of carboxylic acids is 1. The lowest BCUT2D eigenvalue weighted by Crippen LogP contribution is -2.33. The van der Waals surface area contributed by atoms with Crippen molar-refractivity contribution in [1.29, 1.82) is 5.41 Å². The van der Waals surface area contributed by atoms with Crippen molar-refractivity contribution < 1.29 is 32.5 Å². The Kier molecular flexibility index (Phi) is 10.8. The Hall–Kier alpha value is -3.51. The third-order valence-electron chi connectivity index (χ3n) is 4.92. The summed E-state index contributed by atoms with van der Waals surface area (Å²) in [6.07, 6.45) is 0.449. The third kappa shape index (κ3) is 8.61. The van der Waals surface area contributed by atoms with Gasteiger partial charge in [-0.2, -0.15) is 0 Å². The number of nitrogens with two attached hydrogens (primary N) is 1. The van der Waals surface area contributed by atoms with Crippen LogP contribution < -0.4 is 30.0 Å². The summed E-state index contributed by atoms with van der Waals surface area (Å²) in [6, 6.07) is 9.25. The van der Waals surface area contributed by atoms with Crippen LogP contribution in [-0.2, 0) is 14.8 Å². The predicted molar refractivity (Wildman–Crippen MR) is 138 cm³/mol. The van der Waals surface area contributed by atoms with Crippen molar-refractivity contribution in [3.05, 3.63) is 47.5 Å². The Balaban J connectivity index is 2.56. The Morgan fingerprint density at radius 1 is 1.03 bits per heavy atom. The molecule has 0 radical (unpaired) electrons. The van der Waals surface area contributed by atoms with Crippen LogP contribution in [-0.4, -0.2) is 57.4 Å². The Labute approximate surface area is 211 Å². The van der Waals surface area contributed by atoms with Crippen molar-refractivity contribution in [2.45, 2.75) is 33.2 Å². The highest BCUT2D eigenvalue weighted by atomic mass is 32.2. The van der Waals surface area contributed by atoms with E-state index < -0.39 is 28.6 Å². The molecule has 0 fully saturated rings. The molecular formula is C24H34N4O7S. The number of benzene rings is 2. The highest BCUT2D eigenvalue weighted by Gasteiger charge is 2.23. The van der Waals surface area contributed by atoms with Crippen LogP contribution in [0, 0.1) is 5.41 Å². The van der Waals surface area contributed by atoms with Crippen LogP contribution in [0.1, 0.15) is 44.4 Å². The lowest BCUT2D eigenvalue weighted by atomic mass is 10.0. The van der Waals surface area contributed by atoms with E-state index >= 15 is 0 Å². The van der Waals surface area contributed by atoms with Crippen LogP contribution in [0.5, 0.6) is 17.2 Å². The van der Waals surface area contributed by atoms with Crippen molar-refractivity contribution in [3.8, 4) is 17.2 Å². The zero-order valence-electron chi connectivity index (χ0n) is 20.7. The smallest absolute Gasteiger partial charge is 0.341 e. The summed E-state index contributed by atoms with van der Waals surface area (Å²) in [5.41, 5.74) is 7.16. The molecule has 6 N–H and O–H groups in total. The number of anilines is 1. The van der Waals surface area contributed by atoms with Crippen LogP contribution in [0.2, 0.25) is 0 Å². The number of amidine groups is 1. The molecule has 0 saturated carbocycles. The number of nitrogen functional groups attached to an aromatic ring is 1. The van der Waals surface area contributed by atoms with Gasteiger partial charge in [-0.1, -0.05) is 6.92 Å². The van der Waals surface area contributed by atoms with Gasteiger partial charge in [-0.15, -0.1) is 0 Å². The van der Waals surface area contributed by atoms with Gasteiger partial charge in [-0.25, -0.2) is 17.9 Å². The Morgan fingerprint density at radius 3 is 2.17 bits per heavy atom. The van der Waals surface area contributed by atoms with Gasteiger partial charge in [-0.05, 0) is 50.6 Å². The maximum atomic E-state index is 12.4. The van der Waals surface area contributed by atoms with Crippen LogP contribution in [0.3, 0.4) is 0 Å². The van der Waals surface area contributed by atoms with Crippen LogP contribution >= 0.6 is 0 Å². The standard InChI is InChI=1S/C24H34N4O7S/c1-4-11-36(31,32)27-14-19(28-17-9-7-16(8-10-17)24(25)26)18-12-21(33-5-2)22(34-6-3)13-20(18)35-15-23(29)30/h7-10,12-13,19,27-28H,4-6,11,14-15H2,1-3H3,(H3,25,26)(H,29,30). The molecule has 36 heavy (non-hydrogen) atoms. The number of nitrogens with one attached hydrogen (secondary N) is 3. The minimum absolute atomic E-state index is 0.0388. The number of carbonyl (C=O) groups is 1. The topological polar surface area (TPSA) is 173 Å². The van der Waals surface area contributed by atoms with E-state index in [1.165, 1.54) is 0 Å². The molecular weight excluding hydrogens is 488 g/mol. The minimum atomic E-state index is -3.55. The molecule has 0 aliphatic carbocycles. The molecule has 0 spiro atoms. The number of hydrogen-bond donors (Lipinski definition) is 5. The summed E-state index contributed by atoms with van der Waals surface area (Å²) < 4.78 is 44.4. The zero-order chi connectivity index (χ0) is 26.7. The van der Waals surface area contributed by atoms with Crippen LogP contribution in [0.15, 0.2) is 36.4 Å². The number of carboxylic acid groups (broad SMARTS) is 1. The molecule has 0 bridgehead atoms. The average molecular weight is 523 g/mol. The quantitative estimate of drug-likeness (QED) is 0.164. The Bertz CT molecular complexity index is 1140. The fourth-order valence-electron chi connectivity index (χ4n) is 3.37. The number of rotatable bonds is 16. The van der Waals surface area contributed by atoms with Gasteiger partial charge in [0.2, 0.25) is 10.0 Å². The van der Waals surface area contributed by atoms with E-state index in [4.69, 9.17) is 25.4 Å². The fourth-order valence-corrected chi connectivity index (χ4v) is 4.47. The predicted octanol–water partition coefficient (Wildman–Crippen LogP) is 2.71. The second kappa shape index (κ2) is 13.5. The lowest BCUT2D eigenvalue weighted by molar-refractivity contribution is -0.139. The van der Waals surface area contributed by atoms with Gasteiger partial charge in [0.05, 0.1) is 25.0 Å². The van der Waals surface area contributed by atoms with E-state index in [2.05, 4.69) is 10.0 Å². The fraction of sp³-hybridized carbons (Fsp3) is 0.417. The molecule has 1 unspecified atom stereocenters. The molecule has 0 aliphatic rings. The van der Waals surface area contributed by atoms with Gasteiger partial charge >= 0.3 is 5.97 Å². The molecule has 2 aromatic carbocycles. The molecule has 0 aromatic heterocycles. The van der Waals surface area contributed by atoms with Gasteiger partial charge in [0.1, 0.15) is 11.6 Å². The molecule has 0 aliphatic heterocycles. The summed E-state index contributed by atoms with van der Waals surface area (Å²) in [4.78, 5) is 11.2. The molecule has 0 saturated heterocycles. The minimum Gasteiger partial charge on any atom is -0.490 e. The number of hydrogen-bond acceptors (Lipinski definition) is 8. The summed E-state index contributed by atoms with van der Waals surface area (Å²) in [5, 5.41) is 20.0. The van der Waals surface area contributed by atoms with E-state index in [1.807, 2.05) is 6.92 Å². The summed E-state index contributed by atoms with van der Waals surface area (Å²) >= 11 is 0. The zero-order valence-corrected chi connectivity index (χ0v) is 21.5. The summed E-state index contributed by atoms with van der Waals surface area (Å²) in [5.74, 6) is -0.296. The van der Waals surface area contributed by atoms with Gasteiger partial charge in [-0.3, -0.25) is 5.41 Å². The maximum absolute atomic E-state index is 12.4. The second-order valence-corrected chi connectivity index (χ2v) is 9.67. The van der Waals surface area contributed by atoms with Crippen molar-refractivity contribution >= 4 is 27.5 Å². The van der Waals surface area contributed by atoms with E-state index in [-0.39, 0.29) is 23.9 Å². The number of sulfonamides is 1. The highest BCUT2D eigenvalue weighted by molar-refractivity contribution is 7.89. The molecule has 2 aromatic rings. The first-order valence-electron chi connectivity index (χ1n) is 11.6. The molecule has 1 atom stereocenters. The normalized spacial score (nSPS) is 12.0. The van der Waals surface area contributed by atoms with Gasteiger partial charge < -0.3 is 30.4 Å². The van der Waals surface area contributed by atoms with Crippen LogP contribution in [0.25, 0.3) is 0 Å². The molecule has 198 valence electrons. The van der Waals surface area contributed by atoms with E-state index in [0.29, 0.717) is 47.9 Å². The van der Waals surface area contributed by atoms with Gasteiger partial charge in [0, 0.05) is 29.4 Å². The summed E-state index contributed by atoms with van der Waals surface area (Å²) in [6.45, 7) is 5.42. The van der Waals surface area contributed by atoms with Gasteiger partial charge in [0.25, 0.3) is 0 Å². The van der Waals surface area contributed by atoms with Crippen LogP contribution in [0.4, 0.5) is 5.69 Å². The first kappa shape index (κ1) is 28.7. The molecule has 2 rings (SSSR count). The molecule has 0 heterocycles. The largest absolute Gasteiger partial charge is 0.490 e. The molecule has 12 heteroatoms. The lowest BCUT2D eigenvalue weighted by Gasteiger charge is -2.25. The Morgan fingerprint density at radius 2 is 1.64 bits per heavy atom. The highest BCUT2D eigenvalue weighted by Crippen LogP contribution is 2.39. The van der Waals surface area contributed by atoms with Crippen molar-refractivity contribution in [1.82, 2.24) is 4.72 Å². The number of aliphatic carboxylic acids is 1. The SMILES string of the molecule is CCCS(=O)(=O)NCC(Nc1ccc(C(=N)N)cc1)c1cc(OCC)c(OCC)cc1OCC(=O)O. The maximum Gasteiger partial charge on any atom is 0.341 e. The van der Waals surface area contributed by atoms with Gasteiger partial charge in [0.15, 0.2) is 18.1 Å².